The summed E-state index contributed by atoms with van der Waals surface area (Å²) in [4.78, 5) is 27.1. The summed E-state index contributed by atoms with van der Waals surface area (Å²) in [5.74, 6) is 0.462. The first-order valence-electron chi connectivity index (χ1n) is 9.49. The van der Waals surface area contributed by atoms with Gasteiger partial charge in [-0.3, -0.25) is 9.59 Å². The van der Waals surface area contributed by atoms with Gasteiger partial charge >= 0.3 is 0 Å². The Morgan fingerprint density at radius 2 is 2.07 bits per heavy atom. The van der Waals surface area contributed by atoms with Gasteiger partial charge in [-0.15, -0.1) is 0 Å². The molecule has 1 aromatic rings. The van der Waals surface area contributed by atoms with Crippen molar-refractivity contribution in [2.24, 2.45) is 0 Å². The molecule has 27 heavy (non-hydrogen) atoms. The Kier molecular flexibility index (Phi) is 3.78. The third-order valence-corrected chi connectivity index (χ3v) is 6.75. The molecule has 2 saturated heterocycles. The van der Waals surface area contributed by atoms with Gasteiger partial charge in [-0.2, -0.15) is 0 Å². The maximum Gasteiger partial charge on any atom is 0.256 e. The van der Waals surface area contributed by atoms with Gasteiger partial charge in [0.05, 0.1) is 23.7 Å². The SMILES string of the molecule is C=C1CC[C@H](N2Cc3c4c(cc(Cl)c3C2=O)C2(CCNCC2)CO4)C(=O)N1. The Morgan fingerprint density at radius 1 is 1.30 bits per heavy atom. The smallest absolute Gasteiger partial charge is 0.256 e. The van der Waals surface area contributed by atoms with Crippen LogP contribution in [0, 0.1) is 0 Å². The lowest BCUT2D eigenvalue weighted by Gasteiger charge is -2.32. The Balaban J connectivity index is 1.53. The Bertz CT molecular complexity index is 876. The summed E-state index contributed by atoms with van der Waals surface area (Å²) in [7, 11) is 0. The van der Waals surface area contributed by atoms with Gasteiger partial charge in [0, 0.05) is 22.2 Å². The third-order valence-electron chi connectivity index (χ3n) is 6.46. The normalized spacial score (nSPS) is 26.0. The molecule has 142 valence electrons. The molecule has 6 nitrogen and oxygen atoms in total. The summed E-state index contributed by atoms with van der Waals surface area (Å²) in [6.45, 7) is 6.72. The van der Waals surface area contributed by atoms with Crippen LogP contribution in [0.1, 0.15) is 47.2 Å². The average Bonchev–Trinajstić information content (AvgIpc) is 3.16. The fraction of sp³-hybridized carbons (Fsp3) is 0.500. The second kappa shape index (κ2) is 5.97. The molecule has 0 saturated carbocycles. The molecule has 4 aliphatic rings. The highest BCUT2D eigenvalue weighted by atomic mass is 35.5. The van der Waals surface area contributed by atoms with E-state index in [1.165, 1.54) is 0 Å². The van der Waals surface area contributed by atoms with Gasteiger partial charge in [0.15, 0.2) is 0 Å². The van der Waals surface area contributed by atoms with Crippen LogP contribution in [-0.4, -0.2) is 42.5 Å². The first-order chi connectivity index (χ1) is 13.0. The van der Waals surface area contributed by atoms with Crippen molar-refractivity contribution in [2.75, 3.05) is 19.7 Å². The van der Waals surface area contributed by atoms with Crippen molar-refractivity contribution in [3.63, 3.8) is 0 Å². The average molecular weight is 388 g/mol. The molecule has 2 fully saturated rings. The van der Waals surface area contributed by atoms with Crippen molar-refractivity contribution < 1.29 is 14.3 Å². The van der Waals surface area contributed by atoms with E-state index < -0.39 is 6.04 Å². The van der Waals surface area contributed by atoms with Gasteiger partial charge in [0.25, 0.3) is 5.91 Å². The molecule has 4 heterocycles. The van der Waals surface area contributed by atoms with E-state index in [0.29, 0.717) is 42.3 Å². The molecule has 1 aromatic carbocycles. The largest absolute Gasteiger partial charge is 0.492 e. The fourth-order valence-corrected chi connectivity index (χ4v) is 5.23. The number of piperidine rings is 2. The van der Waals surface area contributed by atoms with Crippen molar-refractivity contribution in [3.05, 3.63) is 40.1 Å². The zero-order valence-electron chi connectivity index (χ0n) is 15.1. The van der Waals surface area contributed by atoms with Crippen LogP contribution >= 0.6 is 11.6 Å². The van der Waals surface area contributed by atoms with E-state index in [4.69, 9.17) is 16.3 Å². The Hall–Kier alpha value is -2.05. The Labute approximate surface area is 162 Å². The number of benzene rings is 1. The summed E-state index contributed by atoms with van der Waals surface area (Å²) >= 11 is 6.58. The van der Waals surface area contributed by atoms with Gasteiger partial charge < -0.3 is 20.3 Å². The number of ether oxygens (including phenoxy) is 1. The van der Waals surface area contributed by atoms with Crippen LogP contribution in [0.25, 0.3) is 0 Å². The lowest BCUT2D eigenvalue weighted by molar-refractivity contribution is -0.126. The minimum absolute atomic E-state index is 0.0182. The molecule has 1 atom stereocenters. The number of rotatable bonds is 1. The molecular weight excluding hydrogens is 366 g/mol. The lowest BCUT2D eigenvalue weighted by atomic mass is 9.74. The highest BCUT2D eigenvalue weighted by Crippen LogP contribution is 2.50. The summed E-state index contributed by atoms with van der Waals surface area (Å²) in [5.41, 5.74) is 3.16. The molecule has 0 radical (unpaired) electrons. The predicted octanol–water partition coefficient (Wildman–Crippen LogP) is 2.10. The zero-order valence-corrected chi connectivity index (χ0v) is 15.8. The first-order valence-corrected chi connectivity index (χ1v) is 9.87. The van der Waals surface area contributed by atoms with E-state index in [9.17, 15) is 9.59 Å². The maximum atomic E-state index is 13.1. The molecule has 0 aromatic heterocycles. The van der Waals surface area contributed by atoms with E-state index in [2.05, 4.69) is 17.2 Å². The molecule has 7 heteroatoms. The van der Waals surface area contributed by atoms with Gasteiger partial charge in [-0.25, -0.2) is 0 Å². The minimum Gasteiger partial charge on any atom is -0.492 e. The predicted molar refractivity (Wildman–Crippen MR) is 101 cm³/mol. The molecule has 4 aliphatic heterocycles. The standard InChI is InChI=1S/C20H22ClN3O3/c1-11-2-3-15(18(25)23-11)24-9-12-16(19(24)26)14(21)8-13-17(12)27-10-20(13)4-6-22-7-5-20/h8,15,22H,1-7,9-10H2,(H,23,25)/t15-/m0/s1. The molecule has 1 spiro atoms. The van der Waals surface area contributed by atoms with Crippen molar-refractivity contribution >= 4 is 23.4 Å². The number of allylic oxidation sites excluding steroid dienone is 1. The van der Waals surface area contributed by atoms with Crippen LogP contribution in [0.2, 0.25) is 5.02 Å². The zero-order chi connectivity index (χ0) is 18.8. The van der Waals surface area contributed by atoms with Crippen LogP contribution in [0.15, 0.2) is 18.3 Å². The maximum absolute atomic E-state index is 13.1. The quantitative estimate of drug-likeness (QED) is 0.774. The number of amides is 2. The van der Waals surface area contributed by atoms with Crippen molar-refractivity contribution in [2.45, 2.75) is 43.7 Å². The molecule has 2 N–H and O–H groups in total. The van der Waals surface area contributed by atoms with Gasteiger partial charge in [0.1, 0.15) is 11.8 Å². The highest BCUT2D eigenvalue weighted by Gasteiger charge is 2.47. The molecule has 5 rings (SSSR count). The van der Waals surface area contributed by atoms with Crippen LogP contribution in [0.4, 0.5) is 0 Å². The van der Waals surface area contributed by atoms with Crippen molar-refractivity contribution in [3.8, 4) is 5.75 Å². The highest BCUT2D eigenvalue weighted by molar-refractivity contribution is 6.34. The summed E-state index contributed by atoms with van der Waals surface area (Å²) in [6, 6.07) is 1.44. The van der Waals surface area contributed by atoms with Gasteiger partial charge in [-0.1, -0.05) is 18.2 Å². The third kappa shape index (κ3) is 2.43. The fourth-order valence-electron chi connectivity index (χ4n) is 4.93. The number of carbonyl (C=O) groups excluding carboxylic acids is 2. The van der Waals surface area contributed by atoms with E-state index >= 15 is 0 Å². The van der Waals surface area contributed by atoms with Crippen molar-refractivity contribution in [1.29, 1.82) is 0 Å². The summed E-state index contributed by atoms with van der Waals surface area (Å²) in [5, 5.41) is 6.64. The number of nitrogens with one attached hydrogen (secondary N) is 2. The van der Waals surface area contributed by atoms with E-state index in [1.807, 2.05) is 6.07 Å². The number of carbonyl (C=O) groups is 2. The topological polar surface area (TPSA) is 70.7 Å². The summed E-state index contributed by atoms with van der Waals surface area (Å²) < 4.78 is 6.14. The van der Waals surface area contributed by atoms with Crippen molar-refractivity contribution in [1.82, 2.24) is 15.5 Å². The van der Waals surface area contributed by atoms with Crippen LogP contribution in [-0.2, 0) is 16.8 Å². The molecular formula is C20H22ClN3O3. The molecule has 0 unspecified atom stereocenters. The monoisotopic (exact) mass is 387 g/mol. The number of hydrogen-bond donors (Lipinski definition) is 2. The van der Waals surface area contributed by atoms with E-state index in [-0.39, 0.29) is 17.2 Å². The van der Waals surface area contributed by atoms with E-state index in [1.54, 1.807) is 4.90 Å². The molecule has 0 bridgehead atoms. The number of nitrogens with zero attached hydrogens (tertiary/aromatic N) is 1. The number of hydrogen-bond acceptors (Lipinski definition) is 4. The number of halogens is 1. The van der Waals surface area contributed by atoms with Crippen LogP contribution in [0.5, 0.6) is 5.75 Å². The van der Waals surface area contributed by atoms with E-state index in [0.717, 1.165) is 42.8 Å². The van der Waals surface area contributed by atoms with Crippen LogP contribution in [0.3, 0.4) is 0 Å². The molecule has 0 aliphatic carbocycles. The lowest BCUT2D eigenvalue weighted by Crippen LogP contribution is -2.49. The second-order valence-corrected chi connectivity index (χ2v) is 8.40. The summed E-state index contributed by atoms with van der Waals surface area (Å²) in [6.07, 6.45) is 3.26. The number of fused-ring (bicyclic) bond motifs is 4. The van der Waals surface area contributed by atoms with Gasteiger partial charge in [0.2, 0.25) is 5.91 Å². The Morgan fingerprint density at radius 3 is 2.81 bits per heavy atom. The van der Waals surface area contributed by atoms with Crippen LogP contribution < -0.4 is 15.4 Å². The first kappa shape index (κ1) is 17.1. The molecule has 2 amide bonds. The second-order valence-electron chi connectivity index (χ2n) is 7.99. The minimum atomic E-state index is -0.489. The van der Waals surface area contributed by atoms with Gasteiger partial charge in [-0.05, 0) is 44.8 Å².